The number of amides is 1. The van der Waals surface area contributed by atoms with Gasteiger partial charge in [0.2, 0.25) is 5.91 Å². The first-order valence-electron chi connectivity index (χ1n) is 8.59. The van der Waals surface area contributed by atoms with Gasteiger partial charge in [-0.1, -0.05) is 19.3 Å². The monoisotopic (exact) mass is 382 g/mol. The number of halogens is 1. The molecular weight excluding hydrogens is 352 g/mol. The molecule has 0 aromatic rings. The molecular formula is C15H31ClN4O3S. The van der Waals surface area contributed by atoms with Crippen LogP contribution in [0.4, 0.5) is 0 Å². The van der Waals surface area contributed by atoms with E-state index >= 15 is 0 Å². The number of carbonyl (C=O) groups excluding carboxylic acids is 1. The molecule has 0 aromatic heterocycles. The van der Waals surface area contributed by atoms with Crippen LogP contribution in [0.25, 0.3) is 0 Å². The van der Waals surface area contributed by atoms with Gasteiger partial charge in [0, 0.05) is 51.7 Å². The Hall–Kier alpha value is -0.410. The molecule has 1 saturated heterocycles. The minimum Gasteiger partial charge on any atom is -0.340 e. The summed E-state index contributed by atoms with van der Waals surface area (Å²) in [5, 5.41) is 0. The second-order valence-corrected chi connectivity index (χ2v) is 8.77. The number of rotatable bonds is 5. The molecule has 1 saturated carbocycles. The molecule has 0 spiro atoms. The van der Waals surface area contributed by atoms with Crippen molar-refractivity contribution < 1.29 is 13.2 Å². The van der Waals surface area contributed by atoms with Crippen LogP contribution in [-0.2, 0) is 15.0 Å². The van der Waals surface area contributed by atoms with E-state index < -0.39 is 10.2 Å². The van der Waals surface area contributed by atoms with E-state index in [1.54, 1.807) is 23.2 Å². The van der Waals surface area contributed by atoms with Crippen molar-refractivity contribution in [2.45, 2.75) is 57.5 Å². The lowest BCUT2D eigenvalue weighted by molar-refractivity contribution is -0.132. The van der Waals surface area contributed by atoms with Crippen LogP contribution in [-0.4, -0.2) is 73.1 Å². The van der Waals surface area contributed by atoms with Crippen LogP contribution >= 0.6 is 12.4 Å². The maximum Gasteiger partial charge on any atom is 0.282 e. The lowest BCUT2D eigenvalue weighted by atomic mass is 9.96. The molecule has 2 N–H and O–H groups in total. The van der Waals surface area contributed by atoms with Crippen molar-refractivity contribution in [2.75, 3.05) is 33.2 Å². The molecule has 1 aliphatic heterocycles. The summed E-state index contributed by atoms with van der Waals surface area (Å²) in [6.07, 6.45) is 5.61. The van der Waals surface area contributed by atoms with Crippen molar-refractivity contribution in [1.29, 1.82) is 0 Å². The summed E-state index contributed by atoms with van der Waals surface area (Å²) >= 11 is 0. The van der Waals surface area contributed by atoms with E-state index in [2.05, 4.69) is 0 Å². The van der Waals surface area contributed by atoms with Crippen molar-refractivity contribution in [3.05, 3.63) is 0 Å². The van der Waals surface area contributed by atoms with Crippen LogP contribution in [0.3, 0.4) is 0 Å². The van der Waals surface area contributed by atoms with E-state index in [1.165, 1.54) is 10.7 Å². The van der Waals surface area contributed by atoms with Gasteiger partial charge in [0.25, 0.3) is 10.2 Å². The third-order valence-electron chi connectivity index (χ3n) is 4.87. The maximum absolute atomic E-state index is 12.8. The molecule has 0 radical (unpaired) electrons. The molecule has 7 nitrogen and oxygen atoms in total. The van der Waals surface area contributed by atoms with Crippen LogP contribution in [0, 0.1) is 0 Å². The van der Waals surface area contributed by atoms with Gasteiger partial charge in [-0.2, -0.15) is 17.0 Å². The Morgan fingerprint density at radius 1 is 1.17 bits per heavy atom. The van der Waals surface area contributed by atoms with Gasteiger partial charge in [0.15, 0.2) is 0 Å². The predicted molar refractivity (Wildman–Crippen MR) is 97.2 cm³/mol. The molecule has 1 atom stereocenters. The number of hydrogen-bond acceptors (Lipinski definition) is 4. The Balaban J connectivity index is 0.00000288. The van der Waals surface area contributed by atoms with Crippen LogP contribution in [0.5, 0.6) is 0 Å². The highest BCUT2D eigenvalue weighted by Gasteiger charge is 2.35. The van der Waals surface area contributed by atoms with E-state index in [4.69, 9.17) is 5.73 Å². The number of nitrogens with zero attached hydrogens (tertiary/aromatic N) is 3. The molecule has 1 aliphatic carbocycles. The van der Waals surface area contributed by atoms with Gasteiger partial charge < -0.3 is 10.6 Å². The molecule has 9 heteroatoms. The Bertz CT molecular complexity index is 501. The summed E-state index contributed by atoms with van der Waals surface area (Å²) in [5.74, 6) is 0.0117. The van der Waals surface area contributed by atoms with Gasteiger partial charge >= 0.3 is 0 Å². The highest BCUT2D eigenvalue weighted by Crippen LogP contribution is 2.25. The predicted octanol–water partition coefficient (Wildman–Crippen LogP) is 0.799. The molecule has 24 heavy (non-hydrogen) atoms. The van der Waals surface area contributed by atoms with Gasteiger partial charge in [-0.05, 0) is 19.8 Å². The molecule has 2 aliphatic rings. The molecule has 1 amide bonds. The number of piperazine rings is 1. The second-order valence-electron chi connectivity index (χ2n) is 6.78. The van der Waals surface area contributed by atoms with E-state index in [-0.39, 0.29) is 30.4 Å². The lowest BCUT2D eigenvalue weighted by Crippen LogP contribution is -2.55. The molecule has 142 valence electrons. The van der Waals surface area contributed by atoms with E-state index in [9.17, 15) is 13.2 Å². The van der Waals surface area contributed by atoms with Crippen LogP contribution < -0.4 is 5.73 Å². The zero-order chi connectivity index (χ0) is 17.0. The van der Waals surface area contributed by atoms with E-state index in [0.29, 0.717) is 32.6 Å². The maximum atomic E-state index is 12.8. The Morgan fingerprint density at radius 3 is 2.21 bits per heavy atom. The highest BCUT2D eigenvalue weighted by molar-refractivity contribution is 7.86. The highest BCUT2D eigenvalue weighted by atomic mass is 35.5. The number of carbonyl (C=O) groups is 1. The summed E-state index contributed by atoms with van der Waals surface area (Å²) in [6, 6.07) is -0.0480. The smallest absolute Gasteiger partial charge is 0.282 e. The molecule has 2 fully saturated rings. The van der Waals surface area contributed by atoms with Crippen molar-refractivity contribution in [1.82, 2.24) is 13.5 Å². The standard InChI is InChI=1S/C15H30N4O3S.ClH/c1-13(16)12-15(20)18-8-10-19(11-9-18)23(21,22)17(2)14-6-4-3-5-7-14;/h13-14H,3-12,16H2,1-2H3;1H. The fourth-order valence-corrected chi connectivity index (χ4v) is 4.96. The van der Waals surface area contributed by atoms with Gasteiger partial charge in [-0.15, -0.1) is 12.4 Å². The first kappa shape index (κ1) is 21.6. The first-order chi connectivity index (χ1) is 10.8. The topological polar surface area (TPSA) is 87.0 Å². The molecule has 1 unspecified atom stereocenters. The third-order valence-corrected chi connectivity index (χ3v) is 6.91. The quantitative estimate of drug-likeness (QED) is 0.761. The van der Waals surface area contributed by atoms with Crippen molar-refractivity contribution in [2.24, 2.45) is 5.73 Å². The fourth-order valence-electron chi connectivity index (χ4n) is 3.39. The molecule has 0 bridgehead atoms. The minimum absolute atomic E-state index is 0. The van der Waals surface area contributed by atoms with Crippen molar-refractivity contribution in [3.8, 4) is 0 Å². The average molecular weight is 383 g/mol. The van der Waals surface area contributed by atoms with Gasteiger partial charge in [0.1, 0.15) is 0 Å². The summed E-state index contributed by atoms with van der Waals surface area (Å²) in [7, 11) is -1.74. The van der Waals surface area contributed by atoms with Crippen molar-refractivity contribution >= 4 is 28.5 Å². The average Bonchev–Trinajstić information content (AvgIpc) is 2.54. The van der Waals surface area contributed by atoms with Crippen LogP contribution in [0.1, 0.15) is 45.4 Å². The minimum atomic E-state index is -3.43. The van der Waals surface area contributed by atoms with E-state index in [1.807, 2.05) is 0 Å². The first-order valence-corrected chi connectivity index (χ1v) is 9.98. The Labute approximate surface area is 152 Å². The summed E-state index contributed by atoms with van der Waals surface area (Å²) in [6.45, 7) is 3.43. The zero-order valence-electron chi connectivity index (χ0n) is 14.7. The van der Waals surface area contributed by atoms with Gasteiger partial charge in [-0.25, -0.2) is 0 Å². The van der Waals surface area contributed by atoms with Gasteiger partial charge in [0.05, 0.1) is 0 Å². The molecule has 2 rings (SSSR count). The Kier molecular flexibility index (Phi) is 8.41. The zero-order valence-corrected chi connectivity index (χ0v) is 16.3. The summed E-state index contributed by atoms with van der Waals surface area (Å²) in [5.41, 5.74) is 5.66. The van der Waals surface area contributed by atoms with Crippen LogP contribution in [0.15, 0.2) is 0 Å². The summed E-state index contributed by atoms with van der Waals surface area (Å²) < 4.78 is 28.6. The number of nitrogens with two attached hydrogens (primary N) is 1. The molecule has 1 heterocycles. The van der Waals surface area contributed by atoms with E-state index in [0.717, 1.165) is 25.7 Å². The van der Waals surface area contributed by atoms with Crippen molar-refractivity contribution in [3.63, 3.8) is 0 Å². The SMILES string of the molecule is CC(N)CC(=O)N1CCN(S(=O)(=O)N(C)C2CCCCC2)CC1.Cl. The van der Waals surface area contributed by atoms with Gasteiger partial charge in [-0.3, -0.25) is 4.79 Å². The van der Waals surface area contributed by atoms with Crippen LogP contribution in [0.2, 0.25) is 0 Å². The third kappa shape index (κ3) is 5.29. The molecule has 0 aromatic carbocycles. The summed E-state index contributed by atoms with van der Waals surface area (Å²) in [4.78, 5) is 13.7. The largest absolute Gasteiger partial charge is 0.340 e. The number of hydrogen-bond donors (Lipinski definition) is 1. The normalized spacial score (nSPS) is 22.2. The lowest BCUT2D eigenvalue weighted by Gasteiger charge is -2.38. The second kappa shape index (κ2) is 9.33. The fraction of sp³-hybridized carbons (Fsp3) is 0.933. The Morgan fingerprint density at radius 2 is 1.71 bits per heavy atom.